The second-order valence-corrected chi connectivity index (χ2v) is 3.90. The van der Waals surface area contributed by atoms with Crippen molar-refractivity contribution in [3.8, 4) is 5.75 Å². The summed E-state index contributed by atoms with van der Waals surface area (Å²) in [7, 11) is 0. The maximum absolute atomic E-state index is 13.3. The number of hydrogen-bond acceptors (Lipinski definition) is 2. The summed E-state index contributed by atoms with van der Waals surface area (Å²) in [6.45, 7) is 0.0877. The Kier molecular flexibility index (Phi) is 3.89. The van der Waals surface area contributed by atoms with Crippen LogP contribution in [0.5, 0.6) is 5.75 Å². The van der Waals surface area contributed by atoms with Crippen molar-refractivity contribution in [1.29, 1.82) is 0 Å². The van der Waals surface area contributed by atoms with Gasteiger partial charge in [0.15, 0.2) is 11.6 Å². The smallest absolute Gasteiger partial charge is 0.165 e. The van der Waals surface area contributed by atoms with Gasteiger partial charge in [-0.3, -0.25) is 0 Å². The number of benzene rings is 2. The molecule has 2 aromatic rings. The highest BCUT2D eigenvalue weighted by Crippen LogP contribution is 2.18. The van der Waals surface area contributed by atoms with Gasteiger partial charge in [0.2, 0.25) is 0 Å². The lowest BCUT2D eigenvalue weighted by Gasteiger charge is -2.14. The predicted molar refractivity (Wildman–Crippen MR) is 65.2 cm³/mol. The average Bonchev–Trinajstić information content (AvgIpc) is 2.37. The lowest BCUT2D eigenvalue weighted by atomic mass is 10.1. The molecule has 0 aromatic heterocycles. The zero-order valence-corrected chi connectivity index (χ0v) is 9.64. The van der Waals surface area contributed by atoms with Crippen LogP contribution in [-0.4, -0.2) is 6.61 Å². The summed E-state index contributed by atoms with van der Waals surface area (Å²) in [6, 6.07) is 11.5. The fourth-order valence-corrected chi connectivity index (χ4v) is 1.57. The number of nitrogens with two attached hydrogens (primary N) is 1. The first-order chi connectivity index (χ1) is 8.66. The fourth-order valence-electron chi connectivity index (χ4n) is 1.57. The van der Waals surface area contributed by atoms with E-state index >= 15 is 0 Å². The molecule has 2 N–H and O–H groups in total. The molecular formula is C14H13F2NO. The van der Waals surface area contributed by atoms with Gasteiger partial charge in [-0.25, -0.2) is 8.78 Å². The molecule has 0 aliphatic carbocycles. The SMILES string of the molecule is NC(COc1ccccc1F)c1cccc(F)c1. The van der Waals surface area contributed by atoms with Crippen LogP contribution >= 0.6 is 0 Å². The Labute approximate surface area is 104 Å². The largest absolute Gasteiger partial charge is 0.489 e. The molecule has 1 unspecified atom stereocenters. The fraction of sp³-hybridized carbons (Fsp3) is 0.143. The minimum atomic E-state index is -0.500. The van der Waals surface area contributed by atoms with Gasteiger partial charge >= 0.3 is 0 Å². The van der Waals surface area contributed by atoms with E-state index in [-0.39, 0.29) is 18.2 Å². The Morgan fingerprint density at radius 1 is 1.06 bits per heavy atom. The first-order valence-corrected chi connectivity index (χ1v) is 5.55. The number of ether oxygens (including phenoxy) is 1. The minimum Gasteiger partial charge on any atom is -0.489 e. The number of hydrogen-bond donors (Lipinski definition) is 1. The van der Waals surface area contributed by atoms with E-state index in [9.17, 15) is 8.78 Å². The molecule has 1 atom stereocenters. The van der Waals surface area contributed by atoms with Crippen molar-refractivity contribution in [3.63, 3.8) is 0 Å². The van der Waals surface area contributed by atoms with Gasteiger partial charge in [0, 0.05) is 0 Å². The third-order valence-electron chi connectivity index (χ3n) is 2.53. The van der Waals surface area contributed by atoms with Gasteiger partial charge < -0.3 is 10.5 Å². The number of rotatable bonds is 4. The van der Waals surface area contributed by atoms with Crippen LogP contribution in [0.25, 0.3) is 0 Å². The van der Waals surface area contributed by atoms with E-state index in [2.05, 4.69) is 0 Å². The monoisotopic (exact) mass is 249 g/mol. The Morgan fingerprint density at radius 2 is 1.83 bits per heavy atom. The molecule has 2 aromatic carbocycles. The van der Waals surface area contributed by atoms with Crippen molar-refractivity contribution in [3.05, 3.63) is 65.7 Å². The van der Waals surface area contributed by atoms with Crippen LogP contribution < -0.4 is 10.5 Å². The normalized spacial score (nSPS) is 12.2. The molecule has 0 bridgehead atoms. The summed E-state index contributed by atoms with van der Waals surface area (Å²) >= 11 is 0. The molecule has 0 aliphatic rings. The van der Waals surface area contributed by atoms with E-state index in [0.29, 0.717) is 5.56 Å². The minimum absolute atomic E-state index is 0.0877. The molecule has 2 nitrogen and oxygen atoms in total. The maximum Gasteiger partial charge on any atom is 0.165 e. The van der Waals surface area contributed by atoms with Crippen molar-refractivity contribution in [2.45, 2.75) is 6.04 Å². The molecule has 94 valence electrons. The van der Waals surface area contributed by atoms with E-state index in [1.54, 1.807) is 24.3 Å². The first kappa shape index (κ1) is 12.5. The quantitative estimate of drug-likeness (QED) is 0.903. The van der Waals surface area contributed by atoms with Crippen molar-refractivity contribution < 1.29 is 13.5 Å². The van der Waals surface area contributed by atoms with Crippen LogP contribution in [0.2, 0.25) is 0 Å². The van der Waals surface area contributed by atoms with Crippen molar-refractivity contribution in [2.24, 2.45) is 5.73 Å². The zero-order chi connectivity index (χ0) is 13.0. The average molecular weight is 249 g/mol. The standard InChI is InChI=1S/C14H13F2NO/c15-11-5-3-4-10(8-11)13(17)9-18-14-7-2-1-6-12(14)16/h1-8,13H,9,17H2. The summed E-state index contributed by atoms with van der Waals surface area (Å²) in [5.41, 5.74) is 6.46. The van der Waals surface area contributed by atoms with Crippen molar-refractivity contribution in [1.82, 2.24) is 0 Å². The molecule has 4 heteroatoms. The zero-order valence-electron chi connectivity index (χ0n) is 9.64. The third kappa shape index (κ3) is 3.05. The Hall–Kier alpha value is -1.94. The maximum atomic E-state index is 13.3. The Bertz CT molecular complexity index is 531. The van der Waals surface area contributed by atoms with Gasteiger partial charge in [-0.15, -0.1) is 0 Å². The molecule has 0 spiro atoms. The first-order valence-electron chi connectivity index (χ1n) is 5.55. The van der Waals surface area contributed by atoms with E-state index in [4.69, 9.17) is 10.5 Å². The number of halogens is 2. The number of para-hydroxylation sites is 1. The molecule has 18 heavy (non-hydrogen) atoms. The molecule has 2 rings (SSSR count). The highest BCUT2D eigenvalue weighted by atomic mass is 19.1. The van der Waals surface area contributed by atoms with Crippen LogP contribution in [0.4, 0.5) is 8.78 Å². The van der Waals surface area contributed by atoms with Crippen LogP contribution in [0.1, 0.15) is 11.6 Å². The van der Waals surface area contributed by atoms with Gasteiger partial charge in [0.1, 0.15) is 12.4 Å². The molecule has 0 amide bonds. The van der Waals surface area contributed by atoms with Gasteiger partial charge in [0.25, 0.3) is 0 Å². The summed E-state index contributed by atoms with van der Waals surface area (Å²) in [5, 5.41) is 0. The second-order valence-electron chi connectivity index (χ2n) is 3.90. The summed E-state index contributed by atoms with van der Waals surface area (Å²) in [5.74, 6) is -0.651. The Balaban J connectivity index is 2.00. The van der Waals surface area contributed by atoms with E-state index < -0.39 is 11.9 Å². The van der Waals surface area contributed by atoms with Crippen LogP contribution in [-0.2, 0) is 0 Å². The molecule has 0 fully saturated rings. The van der Waals surface area contributed by atoms with Crippen LogP contribution in [0, 0.1) is 11.6 Å². The highest BCUT2D eigenvalue weighted by Gasteiger charge is 2.09. The molecule has 0 saturated carbocycles. The molecule has 0 radical (unpaired) electrons. The summed E-state index contributed by atoms with van der Waals surface area (Å²) < 4.78 is 31.5. The Morgan fingerprint density at radius 3 is 2.56 bits per heavy atom. The molecule has 0 saturated heterocycles. The summed E-state index contributed by atoms with van der Waals surface area (Å²) in [4.78, 5) is 0. The van der Waals surface area contributed by atoms with Gasteiger partial charge in [-0.2, -0.15) is 0 Å². The summed E-state index contributed by atoms with van der Waals surface area (Å²) in [6.07, 6.45) is 0. The second kappa shape index (κ2) is 5.60. The topological polar surface area (TPSA) is 35.2 Å². The van der Waals surface area contributed by atoms with Crippen LogP contribution in [0.15, 0.2) is 48.5 Å². The van der Waals surface area contributed by atoms with Crippen molar-refractivity contribution >= 4 is 0 Å². The van der Waals surface area contributed by atoms with E-state index in [1.807, 2.05) is 0 Å². The van der Waals surface area contributed by atoms with Crippen molar-refractivity contribution in [2.75, 3.05) is 6.61 Å². The molecule has 0 aliphatic heterocycles. The van der Waals surface area contributed by atoms with Gasteiger partial charge in [-0.05, 0) is 29.8 Å². The highest BCUT2D eigenvalue weighted by molar-refractivity contribution is 5.24. The van der Waals surface area contributed by atoms with Crippen LogP contribution in [0.3, 0.4) is 0 Å². The lowest BCUT2D eigenvalue weighted by molar-refractivity contribution is 0.277. The van der Waals surface area contributed by atoms with E-state index in [1.165, 1.54) is 24.3 Å². The third-order valence-corrected chi connectivity index (χ3v) is 2.53. The van der Waals surface area contributed by atoms with E-state index in [0.717, 1.165) is 0 Å². The molecule has 0 heterocycles. The van der Waals surface area contributed by atoms with Gasteiger partial charge in [0.05, 0.1) is 6.04 Å². The molecular weight excluding hydrogens is 236 g/mol. The predicted octanol–water partition coefficient (Wildman–Crippen LogP) is 3.04. The van der Waals surface area contributed by atoms with Gasteiger partial charge in [-0.1, -0.05) is 24.3 Å². The lowest BCUT2D eigenvalue weighted by Crippen LogP contribution is -2.19.